The summed E-state index contributed by atoms with van der Waals surface area (Å²) in [6.07, 6.45) is 0. The molecule has 0 aliphatic heterocycles. The average Bonchev–Trinajstić information content (AvgIpc) is 2.75. The van der Waals surface area contributed by atoms with E-state index in [2.05, 4.69) is 9.71 Å². The average molecular weight is 472 g/mol. The molecule has 31 heavy (non-hydrogen) atoms. The normalized spacial score (nSPS) is 11.4. The molecule has 156 valence electrons. The van der Waals surface area contributed by atoms with Crippen molar-refractivity contribution in [1.29, 1.82) is 0 Å². The monoisotopic (exact) mass is 471 g/mol. The number of aromatic nitrogens is 1. The Morgan fingerprint density at radius 3 is 2.45 bits per heavy atom. The first kappa shape index (κ1) is 21.1. The van der Waals surface area contributed by atoms with E-state index in [1.54, 1.807) is 6.07 Å². The van der Waals surface area contributed by atoms with Crippen molar-refractivity contribution in [2.45, 2.75) is 14.8 Å². The van der Waals surface area contributed by atoms with Crippen LogP contribution in [0.4, 0.5) is 11.4 Å². The fourth-order valence-electron chi connectivity index (χ4n) is 2.84. The lowest BCUT2D eigenvalue weighted by atomic mass is 10.2. The van der Waals surface area contributed by atoms with Crippen LogP contribution < -0.4 is 4.72 Å². The largest absolute Gasteiger partial charge is 0.284 e. The van der Waals surface area contributed by atoms with E-state index in [9.17, 15) is 18.5 Å². The molecule has 0 amide bonds. The van der Waals surface area contributed by atoms with Crippen LogP contribution in [0.25, 0.3) is 10.9 Å². The topological polar surface area (TPSA) is 102 Å². The predicted octanol–water partition coefficient (Wildman–Crippen LogP) is 5.75. The Hall–Kier alpha value is -3.14. The molecular weight excluding hydrogens is 458 g/mol. The molecule has 3 aromatic carbocycles. The number of halogens is 1. The van der Waals surface area contributed by atoms with Gasteiger partial charge in [-0.3, -0.25) is 14.8 Å². The molecular formula is C21H14ClN3O4S2. The van der Waals surface area contributed by atoms with E-state index in [4.69, 9.17) is 11.6 Å². The summed E-state index contributed by atoms with van der Waals surface area (Å²) in [6, 6.07) is 21.1. The Labute approximate surface area is 187 Å². The maximum absolute atomic E-state index is 12.7. The number of nitrogens with zero attached hydrogens (tertiary/aromatic N) is 2. The van der Waals surface area contributed by atoms with Gasteiger partial charge in [-0.15, -0.1) is 0 Å². The van der Waals surface area contributed by atoms with Crippen LogP contribution in [-0.2, 0) is 10.0 Å². The summed E-state index contributed by atoms with van der Waals surface area (Å²) in [5.41, 5.74) is 0.742. The summed E-state index contributed by atoms with van der Waals surface area (Å²) >= 11 is 6.91. The van der Waals surface area contributed by atoms with Crippen LogP contribution in [0.2, 0.25) is 5.02 Å². The lowest BCUT2D eigenvalue weighted by Gasteiger charge is -2.10. The van der Waals surface area contributed by atoms with E-state index < -0.39 is 14.9 Å². The molecule has 0 fully saturated rings. The lowest BCUT2D eigenvalue weighted by molar-refractivity contribution is -0.388. The molecule has 1 N–H and O–H groups in total. The highest BCUT2D eigenvalue weighted by molar-refractivity contribution is 7.99. The predicted molar refractivity (Wildman–Crippen MR) is 121 cm³/mol. The van der Waals surface area contributed by atoms with Crippen LogP contribution in [0, 0.1) is 10.1 Å². The molecule has 0 radical (unpaired) electrons. The molecule has 10 heteroatoms. The molecule has 0 saturated carbocycles. The summed E-state index contributed by atoms with van der Waals surface area (Å²) in [5, 5.41) is 13.6. The van der Waals surface area contributed by atoms with Gasteiger partial charge in [0.1, 0.15) is 5.03 Å². The van der Waals surface area contributed by atoms with E-state index in [0.29, 0.717) is 20.6 Å². The Morgan fingerprint density at radius 1 is 0.968 bits per heavy atom. The number of para-hydroxylation sites is 1. The Balaban J connectivity index is 1.65. The van der Waals surface area contributed by atoms with Crippen LogP contribution in [0.15, 0.2) is 93.7 Å². The third-order valence-electron chi connectivity index (χ3n) is 4.32. The van der Waals surface area contributed by atoms with Gasteiger partial charge in [0.15, 0.2) is 0 Å². The number of nitro benzene ring substituents is 1. The van der Waals surface area contributed by atoms with E-state index in [1.165, 1.54) is 36.4 Å². The van der Waals surface area contributed by atoms with Gasteiger partial charge < -0.3 is 0 Å². The number of benzene rings is 3. The molecule has 0 aliphatic rings. The zero-order chi connectivity index (χ0) is 22.0. The lowest BCUT2D eigenvalue weighted by Crippen LogP contribution is -2.13. The van der Waals surface area contributed by atoms with Gasteiger partial charge >= 0.3 is 0 Å². The molecule has 0 unspecified atom stereocenters. The van der Waals surface area contributed by atoms with Crippen LogP contribution >= 0.6 is 23.4 Å². The molecule has 1 heterocycles. The molecule has 0 atom stereocenters. The van der Waals surface area contributed by atoms with Gasteiger partial charge in [-0.05, 0) is 48.5 Å². The quantitative estimate of drug-likeness (QED) is 0.284. The Bertz CT molecular complexity index is 1390. The van der Waals surface area contributed by atoms with Gasteiger partial charge in [-0.2, -0.15) is 0 Å². The highest BCUT2D eigenvalue weighted by Gasteiger charge is 2.22. The number of fused-ring (bicyclic) bond motifs is 1. The summed E-state index contributed by atoms with van der Waals surface area (Å²) in [6.45, 7) is 0. The minimum Gasteiger partial charge on any atom is -0.280 e. The molecule has 0 spiro atoms. The Kier molecular flexibility index (Phi) is 5.81. The van der Waals surface area contributed by atoms with Gasteiger partial charge in [0.2, 0.25) is 0 Å². The fraction of sp³-hybridized carbons (Fsp3) is 0. The molecule has 4 rings (SSSR count). The van der Waals surface area contributed by atoms with Crippen molar-refractivity contribution in [2.75, 3.05) is 4.72 Å². The second kappa shape index (κ2) is 8.54. The van der Waals surface area contributed by atoms with Crippen molar-refractivity contribution in [2.24, 2.45) is 0 Å². The second-order valence-electron chi connectivity index (χ2n) is 6.44. The Morgan fingerprint density at radius 2 is 1.71 bits per heavy atom. The van der Waals surface area contributed by atoms with Crippen LogP contribution in [-0.4, -0.2) is 18.3 Å². The fourth-order valence-corrected chi connectivity index (χ4v) is 4.93. The molecule has 4 aromatic rings. The van der Waals surface area contributed by atoms with Gasteiger partial charge in [-0.25, -0.2) is 13.4 Å². The first-order valence-corrected chi connectivity index (χ1v) is 11.6. The first-order chi connectivity index (χ1) is 14.8. The summed E-state index contributed by atoms with van der Waals surface area (Å²) in [7, 11) is -4.02. The summed E-state index contributed by atoms with van der Waals surface area (Å²) in [5.74, 6) is 0. The van der Waals surface area contributed by atoms with Gasteiger partial charge in [0.25, 0.3) is 15.7 Å². The highest BCUT2D eigenvalue weighted by Crippen LogP contribution is 2.36. The third kappa shape index (κ3) is 4.79. The zero-order valence-electron chi connectivity index (χ0n) is 15.7. The number of rotatable bonds is 6. The van der Waals surface area contributed by atoms with Gasteiger partial charge in [0, 0.05) is 22.2 Å². The smallest absolute Gasteiger partial charge is 0.280 e. The number of anilines is 1. The molecule has 0 aliphatic carbocycles. The first-order valence-electron chi connectivity index (χ1n) is 8.92. The van der Waals surface area contributed by atoms with Crippen molar-refractivity contribution in [1.82, 2.24) is 4.98 Å². The van der Waals surface area contributed by atoms with Gasteiger partial charge in [0.05, 0.1) is 20.2 Å². The van der Waals surface area contributed by atoms with Crippen molar-refractivity contribution in [3.8, 4) is 0 Å². The number of hydrogen-bond donors (Lipinski definition) is 1. The number of nitro groups is 1. The number of nitrogens with one attached hydrogen (secondary N) is 1. The summed E-state index contributed by atoms with van der Waals surface area (Å²) in [4.78, 5) is 15.6. The van der Waals surface area contributed by atoms with Crippen molar-refractivity contribution < 1.29 is 13.3 Å². The van der Waals surface area contributed by atoms with Crippen LogP contribution in [0.5, 0.6) is 0 Å². The second-order valence-corrected chi connectivity index (χ2v) is 9.62. The third-order valence-corrected chi connectivity index (χ3v) is 6.95. The molecule has 0 bridgehead atoms. The van der Waals surface area contributed by atoms with E-state index in [1.807, 2.05) is 30.3 Å². The zero-order valence-corrected chi connectivity index (χ0v) is 18.1. The van der Waals surface area contributed by atoms with E-state index >= 15 is 0 Å². The van der Waals surface area contributed by atoms with E-state index in [-0.39, 0.29) is 10.6 Å². The maximum atomic E-state index is 12.7. The SMILES string of the molecule is O=[N+]([O-])c1cc(S(=O)(=O)Nc2ccc(Cl)cc2)ccc1Sc1ccc2ccccc2n1. The molecule has 1 aromatic heterocycles. The minimum atomic E-state index is -4.02. The maximum Gasteiger partial charge on any atom is 0.284 e. The standard InChI is InChI=1S/C21H14ClN3O4S2/c22-15-6-8-16(9-7-15)24-31(28,29)17-10-11-20(19(13-17)25(26)27)30-21-12-5-14-3-1-2-4-18(14)23-21/h1-13,24H. The highest BCUT2D eigenvalue weighted by atomic mass is 35.5. The van der Waals surface area contributed by atoms with Crippen molar-refractivity contribution >= 4 is 55.7 Å². The van der Waals surface area contributed by atoms with Crippen LogP contribution in [0.3, 0.4) is 0 Å². The van der Waals surface area contributed by atoms with Crippen LogP contribution in [0.1, 0.15) is 0 Å². The molecule has 0 saturated heterocycles. The minimum absolute atomic E-state index is 0.218. The van der Waals surface area contributed by atoms with Crippen molar-refractivity contribution in [3.63, 3.8) is 0 Å². The summed E-state index contributed by atoms with van der Waals surface area (Å²) < 4.78 is 27.8. The number of sulfonamides is 1. The van der Waals surface area contributed by atoms with Crippen molar-refractivity contribution in [3.05, 3.63) is 94.0 Å². The molecule has 7 nitrogen and oxygen atoms in total. The van der Waals surface area contributed by atoms with E-state index in [0.717, 1.165) is 28.7 Å². The number of pyridine rings is 1. The van der Waals surface area contributed by atoms with Gasteiger partial charge in [-0.1, -0.05) is 47.6 Å². The number of hydrogen-bond acceptors (Lipinski definition) is 6.